The molecule has 6 rings (SSSR count). The maximum atomic E-state index is 11.7. The number of rotatable bonds is 13. The molecule has 0 spiro atoms. The van der Waals surface area contributed by atoms with Crippen molar-refractivity contribution in [2.75, 3.05) is 0 Å². The van der Waals surface area contributed by atoms with E-state index in [0.717, 1.165) is 42.3 Å². The molecule has 4 aromatic carbocycles. The Balaban J connectivity index is 0.000000385. The number of aromatic nitrogens is 1. The third kappa shape index (κ3) is 10.2. The Morgan fingerprint density at radius 2 is 1.30 bits per heavy atom. The second-order valence-electron chi connectivity index (χ2n) is 16.7. The molecule has 57 heavy (non-hydrogen) atoms. The van der Waals surface area contributed by atoms with Gasteiger partial charge in [0.15, 0.2) is 5.78 Å². The molecule has 0 bridgehead atoms. The number of carbonyl (C=O) groups is 1. The summed E-state index contributed by atoms with van der Waals surface area (Å²) in [7, 11) is 0. The fraction of sp³-hybridized carbons (Fsp3) is 0.423. The molecule has 0 amide bonds. The van der Waals surface area contributed by atoms with Crippen LogP contribution in [-0.4, -0.2) is 15.9 Å². The van der Waals surface area contributed by atoms with Crippen LogP contribution in [0.3, 0.4) is 0 Å². The number of aliphatic hydroxyl groups excluding tert-OH is 1. The van der Waals surface area contributed by atoms with Crippen molar-refractivity contribution in [2.45, 2.75) is 132 Å². The standard InChI is InChI=1S/C39H40NS.C13H24O2.Ir/c1-22(2)28-18-34(24(5)6)37(35(19-28)25(7)8)27-13-14-31-32-15-16-40-38(39(32)41-36(31)21-27)29-17-26-11-9-10-12-30(26)33(20-29)23(3)4;1-5-10(6-2)12(14)9-13(15)11(7-3)8-4;/h9-16,18-25H,1-8H3;9-11,14H,5-8H2,1-4H3;/q-1;;/b;12-9-;. The summed E-state index contributed by atoms with van der Waals surface area (Å²) < 4.78 is 2.55. The van der Waals surface area contributed by atoms with Crippen molar-refractivity contribution in [3.63, 3.8) is 0 Å². The molecule has 0 aliphatic heterocycles. The largest absolute Gasteiger partial charge is 0.512 e. The monoisotopic (exact) mass is 959 g/mol. The summed E-state index contributed by atoms with van der Waals surface area (Å²) in [5.41, 5.74) is 10.5. The van der Waals surface area contributed by atoms with Crippen molar-refractivity contribution in [2.24, 2.45) is 11.8 Å². The van der Waals surface area contributed by atoms with E-state index in [1.54, 1.807) is 0 Å². The first kappa shape index (κ1) is 46.1. The second kappa shape index (κ2) is 20.4. The molecule has 6 aromatic rings. The Morgan fingerprint density at radius 3 is 1.86 bits per heavy atom. The molecule has 2 aromatic heterocycles. The number of thiophene rings is 1. The molecule has 0 fully saturated rings. The van der Waals surface area contributed by atoms with Gasteiger partial charge >= 0.3 is 0 Å². The number of benzene rings is 4. The molecule has 3 nitrogen and oxygen atoms in total. The van der Waals surface area contributed by atoms with E-state index in [1.165, 1.54) is 65.0 Å². The Labute approximate surface area is 360 Å². The maximum Gasteiger partial charge on any atom is 0.162 e. The zero-order chi connectivity index (χ0) is 40.8. The molecule has 0 aliphatic rings. The van der Waals surface area contributed by atoms with Gasteiger partial charge in [-0.2, -0.15) is 0 Å². The zero-order valence-electron chi connectivity index (χ0n) is 36.3. The number of aliphatic hydroxyl groups is 1. The van der Waals surface area contributed by atoms with Gasteiger partial charge in [0.2, 0.25) is 0 Å². The quantitative estimate of drug-likeness (QED) is 0.0713. The molecule has 2 heterocycles. The fourth-order valence-corrected chi connectivity index (χ4v) is 9.22. The van der Waals surface area contributed by atoms with Gasteiger partial charge < -0.3 is 5.11 Å². The number of hydrogen-bond acceptors (Lipinski definition) is 4. The molecule has 0 atom stereocenters. The molecule has 0 unspecified atom stereocenters. The first-order valence-electron chi connectivity index (χ1n) is 21.1. The van der Waals surface area contributed by atoms with Crippen LogP contribution in [0, 0.1) is 17.9 Å². The van der Waals surface area contributed by atoms with Gasteiger partial charge in [0.1, 0.15) is 0 Å². The molecule has 0 saturated heterocycles. The SMILES string of the molecule is CC(C)c1cc(C(C)C)c(-c2ccc3c(c2)sc2c(-c4[c-]c5ccccc5c(C(C)C)c4)nccc23)c(C(C)C)c1.CCC(CC)C(=O)/C=C(\O)C(CC)CC.[Ir]. The van der Waals surface area contributed by atoms with Crippen LogP contribution >= 0.6 is 11.3 Å². The predicted octanol–water partition coefficient (Wildman–Crippen LogP) is 16.1. The van der Waals surface area contributed by atoms with Crippen molar-refractivity contribution in [3.8, 4) is 22.4 Å². The Hall–Kier alpha value is -3.63. The summed E-state index contributed by atoms with van der Waals surface area (Å²) in [6.45, 7) is 26.5. The number of ketones is 1. The van der Waals surface area contributed by atoms with Gasteiger partial charge in [-0.05, 0) is 100 Å². The Kier molecular flexibility index (Phi) is 16.5. The average Bonchev–Trinajstić information content (AvgIpc) is 3.56. The van der Waals surface area contributed by atoms with Crippen molar-refractivity contribution in [3.05, 3.63) is 113 Å². The van der Waals surface area contributed by atoms with Gasteiger partial charge in [-0.3, -0.25) is 9.78 Å². The van der Waals surface area contributed by atoms with Gasteiger partial charge in [-0.15, -0.1) is 40.5 Å². The first-order chi connectivity index (χ1) is 26.7. The topological polar surface area (TPSA) is 50.2 Å². The zero-order valence-corrected chi connectivity index (χ0v) is 39.6. The normalized spacial score (nSPS) is 12.1. The minimum absolute atomic E-state index is 0. The van der Waals surface area contributed by atoms with Crippen LogP contribution in [0.2, 0.25) is 0 Å². The summed E-state index contributed by atoms with van der Waals surface area (Å²) in [5, 5.41) is 14.8. The van der Waals surface area contributed by atoms with E-state index in [0.29, 0.717) is 23.7 Å². The number of hydrogen-bond donors (Lipinski definition) is 1. The molecule has 1 radical (unpaired) electrons. The third-order valence-corrected chi connectivity index (χ3v) is 12.8. The van der Waals surface area contributed by atoms with E-state index in [1.807, 2.05) is 45.2 Å². The molecule has 0 saturated carbocycles. The van der Waals surface area contributed by atoms with Crippen LogP contribution in [0.1, 0.15) is 155 Å². The summed E-state index contributed by atoms with van der Waals surface area (Å²) in [4.78, 5) is 16.7. The number of fused-ring (bicyclic) bond motifs is 4. The van der Waals surface area contributed by atoms with Crippen LogP contribution in [0.25, 0.3) is 53.3 Å². The van der Waals surface area contributed by atoms with Crippen molar-refractivity contribution in [1.29, 1.82) is 0 Å². The molecule has 1 N–H and O–H groups in total. The molecule has 0 aliphatic carbocycles. The van der Waals surface area contributed by atoms with E-state index >= 15 is 0 Å². The molecule has 305 valence electrons. The van der Waals surface area contributed by atoms with E-state index in [2.05, 4.69) is 128 Å². The Morgan fingerprint density at radius 1 is 0.702 bits per heavy atom. The van der Waals surface area contributed by atoms with Gasteiger partial charge in [-0.1, -0.05) is 136 Å². The second-order valence-corrected chi connectivity index (χ2v) is 17.8. The Bertz CT molecular complexity index is 2290. The summed E-state index contributed by atoms with van der Waals surface area (Å²) in [5.74, 6) is 2.39. The average molecular weight is 959 g/mol. The summed E-state index contributed by atoms with van der Waals surface area (Å²) in [6, 6.07) is 28.8. The summed E-state index contributed by atoms with van der Waals surface area (Å²) in [6.07, 6.45) is 6.87. The van der Waals surface area contributed by atoms with E-state index in [4.69, 9.17) is 4.98 Å². The fourth-order valence-electron chi connectivity index (χ4n) is 7.98. The minimum Gasteiger partial charge on any atom is -0.512 e. The van der Waals surface area contributed by atoms with Gasteiger partial charge in [0.05, 0.1) is 5.76 Å². The molecular formula is C52H64IrNO2S-. The minimum atomic E-state index is 0. The molecule has 5 heteroatoms. The number of pyridine rings is 1. The van der Waals surface area contributed by atoms with Crippen LogP contribution in [0.4, 0.5) is 0 Å². The smallest absolute Gasteiger partial charge is 0.162 e. The van der Waals surface area contributed by atoms with Gasteiger partial charge in [0, 0.05) is 59.3 Å². The van der Waals surface area contributed by atoms with Crippen molar-refractivity contribution >= 4 is 48.1 Å². The van der Waals surface area contributed by atoms with Crippen LogP contribution < -0.4 is 0 Å². The van der Waals surface area contributed by atoms with Gasteiger partial charge in [0.25, 0.3) is 0 Å². The maximum absolute atomic E-state index is 11.7. The number of carbonyl (C=O) groups excluding carboxylic acids is 1. The predicted molar refractivity (Wildman–Crippen MR) is 245 cm³/mol. The van der Waals surface area contributed by atoms with E-state index in [-0.39, 0.29) is 43.5 Å². The third-order valence-electron chi connectivity index (χ3n) is 11.6. The summed E-state index contributed by atoms with van der Waals surface area (Å²) >= 11 is 1.87. The number of nitrogens with zero attached hydrogens (tertiary/aromatic N) is 1. The molecular weight excluding hydrogens is 895 g/mol. The van der Waals surface area contributed by atoms with Crippen LogP contribution in [0.5, 0.6) is 0 Å². The van der Waals surface area contributed by atoms with Crippen LogP contribution in [-0.2, 0) is 24.9 Å². The number of allylic oxidation sites excluding steroid dienone is 2. The van der Waals surface area contributed by atoms with Crippen molar-refractivity contribution in [1.82, 2.24) is 4.98 Å². The van der Waals surface area contributed by atoms with Crippen molar-refractivity contribution < 1.29 is 30.0 Å². The van der Waals surface area contributed by atoms with E-state index < -0.39 is 0 Å². The first-order valence-corrected chi connectivity index (χ1v) is 21.9. The van der Waals surface area contributed by atoms with E-state index in [9.17, 15) is 9.90 Å². The van der Waals surface area contributed by atoms with Gasteiger partial charge in [-0.25, -0.2) is 0 Å². The van der Waals surface area contributed by atoms with Crippen LogP contribution in [0.15, 0.2) is 84.8 Å².